The van der Waals surface area contributed by atoms with Crippen LogP contribution in [0, 0.1) is 0 Å². The Kier molecular flexibility index (Phi) is 6.27. The van der Waals surface area contributed by atoms with Gasteiger partial charge in [0.15, 0.2) is 0 Å². The van der Waals surface area contributed by atoms with Crippen molar-refractivity contribution in [2.45, 2.75) is 6.18 Å². The van der Waals surface area contributed by atoms with Crippen molar-refractivity contribution in [2.75, 3.05) is 16.0 Å². The number of anilines is 3. The van der Waals surface area contributed by atoms with Crippen molar-refractivity contribution in [2.24, 2.45) is 0 Å². The van der Waals surface area contributed by atoms with Crippen molar-refractivity contribution >= 4 is 40.6 Å². The molecule has 0 aromatic heterocycles. The zero-order chi connectivity index (χ0) is 21.7. The van der Waals surface area contributed by atoms with Crippen molar-refractivity contribution in [1.29, 1.82) is 0 Å². The van der Waals surface area contributed by atoms with Crippen molar-refractivity contribution in [1.82, 2.24) is 0 Å². The van der Waals surface area contributed by atoms with Crippen molar-refractivity contribution in [3.63, 3.8) is 0 Å². The average Bonchev–Trinajstić information content (AvgIpc) is 2.70. The molecule has 30 heavy (non-hydrogen) atoms. The third-order valence-electron chi connectivity index (χ3n) is 3.97. The van der Waals surface area contributed by atoms with Crippen molar-refractivity contribution in [3.05, 3.63) is 88.9 Å². The highest BCUT2D eigenvalue weighted by Crippen LogP contribution is 2.36. The van der Waals surface area contributed by atoms with Gasteiger partial charge in [-0.15, -0.1) is 0 Å². The second-order valence-corrected chi connectivity index (χ2v) is 6.58. The molecule has 3 amide bonds. The maximum absolute atomic E-state index is 12.9. The van der Waals surface area contributed by atoms with Gasteiger partial charge in [0.25, 0.3) is 5.91 Å². The second kappa shape index (κ2) is 8.87. The quantitative estimate of drug-likeness (QED) is 0.454. The number of carbonyl (C=O) groups excluding carboxylic acids is 2. The Labute approximate surface area is 174 Å². The van der Waals surface area contributed by atoms with Gasteiger partial charge in [-0.05, 0) is 54.6 Å². The number of para-hydroxylation sites is 1. The highest BCUT2D eigenvalue weighted by Gasteiger charge is 2.33. The molecule has 3 aromatic carbocycles. The van der Waals surface area contributed by atoms with Gasteiger partial charge in [-0.2, -0.15) is 13.2 Å². The lowest BCUT2D eigenvalue weighted by molar-refractivity contribution is -0.137. The smallest absolute Gasteiger partial charge is 0.322 e. The van der Waals surface area contributed by atoms with Gasteiger partial charge in [0.1, 0.15) is 0 Å². The molecule has 0 aliphatic heterocycles. The minimum Gasteiger partial charge on any atom is -0.322 e. The molecule has 3 N–H and O–H groups in total. The fourth-order valence-corrected chi connectivity index (χ4v) is 2.77. The first-order valence-electron chi connectivity index (χ1n) is 8.63. The molecular weight excluding hydrogens is 419 g/mol. The molecule has 0 aliphatic rings. The van der Waals surface area contributed by atoms with E-state index in [-0.39, 0.29) is 11.6 Å². The summed E-state index contributed by atoms with van der Waals surface area (Å²) in [6.45, 7) is 0. The second-order valence-electron chi connectivity index (χ2n) is 6.17. The van der Waals surface area contributed by atoms with E-state index < -0.39 is 22.8 Å². The summed E-state index contributed by atoms with van der Waals surface area (Å²) in [5, 5.41) is 7.07. The lowest BCUT2D eigenvalue weighted by Gasteiger charge is -2.12. The summed E-state index contributed by atoms with van der Waals surface area (Å²) in [5.74, 6) is -0.321. The molecule has 0 saturated heterocycles. The molecule has 5 nitrogen and oxygen atoms in total. The molecule has 0 unspecified atom stereocenters. The monoisotopic (exact) mass is 433 g/mol. The van der Waals surface area contributed by atoms with E-state index in [9.17, 15) is 22.8 Å². The standard InChI is InChI=1S/C21H15ClF3N3O2/c22-18-11-10-16(12-17(18)21(23,24)25)28-20(30)27-15-8-6-13(7-9-15)19(29)26-14-4-2-1-3-5-14/h1-12H,(H,26,29)(H2,27,28,30). The number of alkyl halides is 3. The molecule has 0 aliphatic carbocycles. The number of carbonyl (C=O) groups is 2. The summed E-state index contributed by atoms with van der Waals surface area (Å²) >= 11 is 5.56. The summed E-state index contributed by atoms with van der Waals surface area (Å²) in [7, 11) is 0. The topological polar surface area (TPSA) is 70.2 Å². The first kappa shape index (κ1) is 21.2. The summed E-state index contributed by atoms with van der Waals surface area (Å²) in [5.41, 5.74) is 0.259. The number of halogens is 4. The van der Waals surface area contributed by atoms with Crippen LogP contribution in [0.5, 0.6) is 0 Å². The first-order chi connectivity index (χ1) is 14.2. The maximum Gasteiger partial charge on any atom is 0.417 e. The normalized spacial score (nSPS) is 10.9. The maximum atomic E-state index is 12.9. The van der Waals surface area contributed by atoms with Crippen LogP contribution in [0.15, 0.2) is 72.8 Å². The fraction of sp³-hybridized carbons (Fsp3) is 0.0476. The van der Waals surface area contributed by atoms with E-state index >= 15 is 0 Å². The molecule has 0 fully saturated rings. The highest BCUT2D eigenvalue weighted by atomic mass is 35.5. The molecule has 0 radical (unpaired) electrons. The molecule has 9 heteroatoms. The SMILES string of the molecule is O=C(Nc1ccc(C(=O)Nc2ccccc2)cc1)Nc1ccc(Cl)c(C(F)(F)F)c1. The van der Waals surface area contributed by atoms with Gasteiger partial charge in [-0.1, -0.05) is 29.8 Å². The molecule has 0 bridgehead atoms. The Balaban J connectivity index is 1.62. The lowest BCUT2D eigenvalue weighted by atomic mass is 10.2. The van der Waals surface area contributed by atoms with Gasteiger partial charge in [0.05, 0.1) is 10.6 Å². The van der Waals surface area contributed by atoms with Crippen LogP contribution in [0.3, 0.4) is 0 Å². The van der Waals surface area contributed by atoms with Crippen molar-refractivity contribution < 1.29 is 22.8 Å². The number of benzene rings is 3. The van der Waals surface area contributed by atoms with Gasteiger partial charge in [-0.25, -0.2) is 4.79 Å². The molecular formula is C21H15ClF3N3O2. The predicted octanol–water partition coefficient (Wildman–Crippen LogP) is 6.26. The average molecular weight is 434 g/mol. The molecule has 0 atom stereocenters. The van der Waals surface area contributed by atoms with E-state index in [1.807, 2.05) is 6.07 Å². The van der Waals surface area contributed by atoms with Gasteiger partial charge in [-0.3, -0.25) is 4.79 Å². The molecule has 3 rings (SSSR count). The number of rotatable bonds is 4. The van der Waals surface area contributed by atoms with Gasteiger partial charge < -0.3 is 16.0 Å². The van der Waals surface area contributed by atoms with E-state index in [4.69, 9.17) is 11.6 Å². The number of hydrogen-bond donors (Lipinski definition) is 3. The molecule has 0 spiro atoms. The Bertz CT molecular complexity index is 1060. The van der Waals surface area contributed by atoms with Crippen LogP contribution in [0.4, 0.5) is 35.0 Å². The summed E-state index contributed by atoms with van der Waals surface area (Å²) in [4.78, 5) is 24.3. The van der Waals surface area contributed by atoms with Gasteiger partial charge >= 0.3 is 12.2 Å². The van der Waals surface area contributed by atoms with Crippen LogP contribution < -0.4 is 16.0 Å². The number of amides is 3. The number of urea groups is 1. The Morgan fingerprint density at radius 1 is 0.733 bits per heavy atom. The van der Waals surface area contributed by atoms with Crippen LogP contribution in [0.25, 0.3) is 0 Å². The molecule has 3 aromatic rings. The van der Waals surface area contributed by atoms with E-state index in [1.165, 1.54) is 30.3 Å². The van der Waals surface area contributed by atoms with Crippen LogP contribution in [-0.4, -0.2) is 11.9 Å². The lowest BCUT2D eigenvalue weighted by Crippen LogP contribution is -2.20. The zero-order valence-electron chi connectivity index (χ0n) is 15.3. The Hall–Kier alpha value is -3.52. The van der Waals surface area contributed by atoms with Crippen LogP contribution in [-0.2, 0) is 6.18 Å². The van der Waals surface area contributed by atoms with Crippen molar-refractivity contribution in [3.8, 4) is 0 Å². The Morgan fingerprint density at radius 3 is 1.93 bits per heavy atom. The number of nitrogens with one attached hydrogen (secondary N) is 3. The highest BCUT2D eigenvalue weighted by molar-refractivity contribution is 6.31. The first-order valence-corrected chi connectivity index (χ1v) is 9.01. The van der Waals surface area contributed by atoms with Crippen LogP contribution in [0.1, 0.15) is 15.9 Å². The fourth-order valence-electron chi connectivity index (χ4n) is 2.54. The van der Waals surface area contributed by atoms with Gasteiger partial charge in [0.2, 0.25) is 0 Å². The van der Waals surface area contributed by atoms with E-state index in [2.05, 4.69) is 16.0 Å². The molecule has 154 valence electrons. The van der Waals surface area contributed by atoms with Crippen LogP contribution >= 0.6 is 11.6 Å². The summed E-state index contributed by atoms with van der Waals surface area (Å²) in [6.07, 6.45) is -4.64. The van der Waals surface area contributed by atoms with E-state index in [0.717, 1.165) is 12.1 Å². The minimum absolute atomic E-state index is 0.0666. The molecule has 0 heterocycles. The predicted molar refractivity (Wildman–Crippen MR) is 110 cm³/mol. The third-order valence-corrected chi connectivity index (χ3v) is 4.30. The third kappa shape index (κ3) is 5.51. The Morgan fingerprint density at radius 2 is 1.30 bits per heavy atom. The van der Waals surface area contributed by atoms with E-state index in [1.54, 1.807) is 24.3 Å². The summed E-state index contributed by atoms with van der Waals surface area (Å²) < 4.78 is 38.7. The number of hydrogen-bond acceptors (Lipinski definition) is 2. The van der Waals surface area contributed by atoms with Crippen LogP contribution in [0.2, 0.25) is 5.02 Å². The largest absolute Gasteiger partial charge is 0.417 e. The molecule has 0 saturated carbocycles. The summed E-state index contributed by atoms with van der Waals surface area (Å²) in [6, 6.07) is 17.3. The van der Waals surface area contributed by atoms with E-state index in [0.29, 0.717) is 16.9 Å². The minimum atomic E-state index is -4.64. The van der Waals surface area contributed by atoms with Gasteiger partial charge in [0, 0.05) is 22.6 Å². The zero-order valence-corrected chi connectivity index (χ0v) is 16.0.